The van der Waals surface area contributed by atoms with Crippen LogP contribution in [0.5, 0.6) is 0 Å². The third-order valence-corrected chi connectivity index (χ3v) is 7.88. The Hall–Kier alpha value is -2.59. The lowest BCUT2D eigenvalue weighted by Crippen LogP contribution is -2.39. The molecule has 0 N–H and O–H groups in total. The van der Waals surface area contributed by atoms with Crippen molar-refractivity contribution in [2.24, 2.45) is 0 Å². The number of rotatable bonds is 7. The summed E-state index contributed by atoms with van der Waals surface area (Å²) >= 11 is 6.13. The molecule has 1 saturated carbocycles. The van der Waals surface area contributed by atoms with Crippen LogP contribution in [0.15, 0.2) is 47.0 Å². The van der Waals surface area contributed by atoms with E-state index in [0.29, 0.717) is 34.8 Å². The number of nitrogens with zero attached hydrogens (tertiary/aromatic N) is 4. The highest BCUT2D eigenvalue weighted by Gasteiger charge is 2.33. The first kappa shape index (κ1) is 22.6. The monoisotopic (exact) mass is 482 g/mol. The Morgan fingerprint density at radius 1 is 1.12 bits per heavy atom. The molecule has 1 fully saturated rings. The Labute approximate surface area is 189 Å². The molecule has 11 heteroatoms. The smallest absolute Gasteiger partial charge is 0.314 e. The third-order valence-electron chi connectivity index (χ3n) is 5.38. The molecule has 170 valence electrons. The number of hydrogen-bond donors (Lipinski definition) is 0. The topological polar surface area (TPSA) is 89.2 Å². The van der Waals surface area contributed by atoms with E-state index >= 15 is 0 Å². The number of benzene rings is 1. The highest BCUT2D eigenvalue weighted by Crippen LogP contribution is 2.32. The van der Waals surface area contributed by atoms with Crippen LogP contribution in [0.3, 0.4) is 0 Å². The largest absolute Gasteiger partial charge is 0.415 e. The second-order valence-corrected chi connectivity index (χ2v) is 10.1. The van der Waals surface area contributed by atoms with Crippen molar-refractivity contribution in [3.05, 3.63) is 59.2 Å². The van der Waals surface area contributed by atoms with Gasteiger partial charge in [-0.2, -0.15) is 8.78 Å². The van der Waals surface area contributed by atoms with E-state index in [1.54, 1.807) is 36.4 Å². The molecule has 4 rings (SSSR count). The summed E-state index contributed by atoms with van der Waals surface area (Å²) < 4.78 is 58.6. The van der Waals surface area contributed by atoms with Crippen LogP contribution in [-0.2, 0) is 16.6 Å². The fraction of sp³-hybridized carbons (Fsp3) is 0.381. The molecule has 0 amide bonds. The minimum absolute atomic E-state index is 0.00553. The highest BCUT2D eigenvalue weighted by molar-refractivity contribution is 7.93. The van der Waals surface area contributed by atoms with Gasteiger partial charge in [0, 0.05) is 11.2 Å². The number of pyridine rings is 1. The Balaban J connectivity index is 1.62. The minimum Gasteiger partial charge on any atom is -0.415 e. The summed E-state index contributed by atoms with van der Waals surface area (Å²) in [6.07, 6.45) is 2.57. The molecule has 2 aromatic heterocycles. The van der Waals surface area contributed by atoms with E-state index in [4.69, 9.17) is 16.0 Å². The summed E-state index contributed by atoms with van der Waals surface area (Å²) in [5.41, 5.74) is 1.30. The first-order valence-corrected chi connectivity index (χ1v) is 12.1. The highest BCUT2D eigenvalue weighted by atomic mass is 35.5. The summed E-state index contributed by atoms with van der Waals surface area (Å²) in [4.78, 5) is 4.30. The van der Waals surface area contributed by atoms with Crippen molar-refractivity contribution in [1.82, 2.24) is 15.2 Å². The summed E-state index contributed by atoms with van der Waals surface area (Å²) in [6.45, 7) is 0.00553. The SMILES string of the molecule is O=S(=O)(C1CCCCC1)N(Cc1ccc(-c2nnc(C(F)F)o2)cn1)c1cccc(Cl)c1. The molecule has 1 aromatic carbocycles. The van der Waals surface area contributed by atoms with Gasteiger partial charge in [-0.1, -0.05) is 36.9 Å². The molecule has 0 spiro atoms. The Kier molecular flexibility index (Phi) is 6.71. The molecule has 0 unspecified atom stereocenters. The van der Waals surface area contributed by atoms with E-state index in [0.717, 1.165) is 19.3 Å². The van der Waals surface area contributed by atoms with Gasteiger partial charge in [0.2, 0.25) is 15.9 Å². The molecule has 0 radical (unpaired) electrons. The van der Waals surface area contributed by atoms with Gasteiger partial charge in [0.15, 0.2) is 0 Å². The number of anilines is 1. The maximum Gasteiger partial charge on any atom is 0.314 e. The fourth-order valence-corrected chi connectivity index (χ4v) is 5.93. The Bertz CT molecular complexity index is 1170. The van der Waals surface area contributed by atoms with Gasteiger partial charge in [-0.3, -0.25) is 9.29 Å². The zero-order valence-electron chi connectivity index (χ0n) is 17.0. The van der Waals surface area contributed by atoms with Gasteiger partial charge >= 0.3 is 6.43 Å². The lowest BCUT2D eigenvalue weighted by Gasteiger charge is -2.31. The quantitative estimate of drug-likeness (QED) is 0.448. The number of sulfonamides is 1. The van der Waals surface area contributed by atoms with Crippen LogP contribution in [0.4, 0.5) is 14.5 Å². The second-order valence-electron chi connectivity index (χ2n) is 7.58. The molecule has 0 saturated heterocycles. The first-order valence-electron chi connectivity index (χ1n) is 10.2. The van der Waals surface area contributed by atoms with Crippen molar-refractivity contribution in [2.75, 3.05) is 4.31 Å². The molecule has 32 heavy (non-hydrogen) atoms. The van der Waals surface area contributed by atoms with Crippen LogP contribution in [0.1, 0.15) is 50.1 Å². The van der Waals surface area contributed by atoms with E-state index in [2.05, 4.69) is 15.2 Å². The maximum absolute atomic E-state index is 13.5. The van der Waals surface area contributed by atoms with Crippen molar-refractivity contribution in [2.45, 2.75) is 50.3 Å². The molecule has 3 aromatic rings. The minimum atomic E-state index is -3.65. The summed E-state index contributed by atoms with van der Waals surface area (Å²) in [5, 5.41) is 6.87. The lowest BCUT2D eigenvalue weighted by atomic mass is 10.0. The third kappa shape index (κ3) is 4.91. The lowest BCUT2D eigenvalue weighted by molar-refractivity contribution is 0.116. The zero-order chi connectivity index (χ0) is 22.7. The Morgan fingerprint density at radius 2 is 1.91 bits per heavy atom. The molecule has 0 bridgehead atoms. The van der Waals surface area contributed by atoms with Crippen LogP contribution in [-0.4, -0.2) is 28.8 Å². The molecule has 1 aliphatic carbocycles. The van der Waals surface area contributed by atoms with Gasteiger partial charge in [0.25, 0.3) is 5.89 Å². The van der Waals surface area contributed by atoms with E-state index in [-0.39, 0.29) is 12.4 Å². The van der Waals surface area contributed by atoms with E-state index in [1.807, 2.05) is 0 Å². The number of aromatic nitrogens is 3. The van der Waals surface area contributed by atoms with Crippen LogP contribution < -0.4 is 4.31 Å². The van der Waals surface area contributed by atoms with Crippen molar-refractivity contribution in [3.63, 3.8) is 0 Å². The normalized spacial score (nSPS) is 15.2. The number of alkyl halides is 2. The number of halogens is 3. The van der Waals surface area contributed by atoms with E-state index in [9.17, 15) is 17.2 Å². The summed E-state index contributed by atoms with van der Waals surface area (Å²) in [7, 11) is -3.65. The van der Waals surface area contributed by atoms with Crippen molar-refractivity contribution in [1.29, 1.82) is 0 Å². The van der Waals surface area contributed by atoms with E-state index < -0.39 is 27.6 Å². The predicted octanol–water partition coefficient (Wildman–Crippen LogP) is 5.39. The number of hydrogen-bond acceptors (Lipinski definition) is 6. The molecule has 1 aliphatic rings. The Morgan fingerprint density at radius 3 is 2.53 bits per heavy atom. The molecular formula is C21H21ClF2N4O3S. The summed E-state index contributed by atoms with van der Waals surface area (Å²) in [5.74, 6) is -0.851. The van der Waals surface area contributed by atoms with Crippen molar-refractivity contribution >= 4 is 27.3 Å². The average molecular weight is 483 g/mol. The van der Waals surface area contributed by atoms with Crippen LogP contribution in [0.25, 0.3) is 11.5 Å². The molecule has 0 aliphatic heterocycles. The first-order chi connectivity index (χ1) is 15.3. The van der Waals surface area contributed by atoms with Crippen LogP contribution >= 0.6 is 11.6 Å². The predicted molar refractivity (Wildman–Crippen MR) is 116 cm³/mol. The van der Waals surface area contributed by atoms with Gasteiger partial charge in [0.05, 0.1) is 28.7 Å². The van der Waals surface area contributed by atoms with Crippen molar-refractivity contribution in [3.8, 4) is 11.5 Å². The summed E-state index contributed by atoms with van der Waals surface area (Å²) in [6, 6.07) is 9.88. The molecular weight excluding hydrogens is 462 g/mol. The van der Waals surface area contributed by atoms with Crippen molar-refractivity contribution < 1.29 is 21.6 Å². The molecule has 0 atom stereocenters. The van der Waals surface area contributed by atoms with Gasteiger partial charge in [-0.05, 0) is 43.2 Å². The van der Waals surface area contributed by atoms with Gasteiger partial charge in [0.1, 0.15) is 0 Å². The second kappa shape index (κ2) is 9.50. The van der Waals surface area contributed by atoms with Gasteiger partial charge in [-0.15, -0.1) is 10.2 Å². The zero-order valence-corrected chi connectivity index (χ0v) is 18.6. The van der Waals surface area contributed by atoms with Crippen LogP contribution in [0, 0.1) is 0 Å². The average Bonchev–Trinajstić information content (AvgIpc) is 3.29. The fourth-order valence-electron chi connectivity index (χ4n) is 3.73. The van der Waals surface area contributed by atoms with E-state index in [1.165, 1.54) is 10.5 Å². The standard InChI is InChI=1S/C21H21ClF2N4O3S/c22-15-5-4-6-17(11-15)28(32(29,30)18-7-2-1-3-8-18)13-16-10-9-14(12-25-16)20-26-27-21(31-20)19(23)24/h4-6,9-12,18-19H,1-3,7-8,13H2. The van der Waals surface area contributed by atoms with Crippen LogP contribution in [0.2, 0.25) is 5.02 Å². The van der Waals surface area contributed by atoms with Gasteiger partial charge < -0.3 is 4.42 Å². The molecule has 2 heterocycles. The van der Waals surface area contributed by atoms with Gasteiger partial charge in [-0.25, -0.2) is 8.42 Å². The molecule has 7 nitrogen and oxygen atoms in total. The maximum atomic E-state index is 13.5.